The van der Waals surface area contributed by atoms with Crippen molar-refractivity contribution in [2.75, 3.05) is 13.2 Å². The van der Waals surface area contributed by atoms with E-state index in [4.69, 9.17) is 15.2 Å². The van der Waals surface area contributed by atoms with Gasteiger partial charge in [-0.15, -0.1) is 0 Å². The number of hydrogen-bond donors (Lipinski definition) is 1. The van der Waals surface area contributed by atoms with Gasteiger partial charge in [-0.25, -0.2) is 0 Å². The Hall–Kier alpha value is -0.900. The third kappa shape index (κ3) is 2.82. The minimum Gasteiger partial charge on any atom is -0.350 e. The number of hydrogen-bond acceptors (Lipinski definition) is 3. The molecule has 1 fully saturated rings. The number of aryl methyl sites for hydroxylation is 1. The molecule has 3 nitrogen and oxygen atoms in total. The van der Waals surface area contributed by atoms with Crippen LogP contribution in [0, 0.1) is 0 Å². The lowest BCUT2D eigenvalue weighted by molar-refractivity contribution is -0.0507. The maximum Gasteiger partial charge on any atom is 0.159 e. The molecule has 1 saturated heterocycles. The minimum absolute atomic E-state index is 0.00500. The van der Waals surface area contributed by atoms with Crippen LogP contribution in [0.4, 0.5) is 0 Å². The lowest BCUT2D eigenvalue weighted by atomic mass is 10.0. The molecule has 1 unspecified atom stereocenters. The van der Waals surface area contributed by atoms with Gasteiger partial charge in [-0.1, -0.05) is 31.2 Å². The molecule has 3 heteroatoms. The van der Waals surface area contributed by atoms with E-state index in [0.29, 0.717) is 13.2 Å². The van der Waals surface area contributed by atoms with Crippen LogP contribution in [-0.2, 0) is 15.9 Å². The molecule has 2 N–H and O–H groups in total. The maximum atomic E-state index is 6.14. The third-order valence-electron chi connectivity index (χ3n) is 2.92. The summed E-state index contributed by atoms with van der Waals surface area (Å²) in [7, 11) is 0. The largest absolute Gasteiger partial charge is 0.350 e. The van der Waals surface area contributed by atoms with E-state index in [9.17, 15) is 0 Å². The smallest absolute Gasteiger partial charge is 0.159 e. The fraction of sp³-hybridized carbons (Fsp3) is 0.538. The summed E-state index contributed by atoms with van der Waals surface area (Å²) in [6.45, 7) is 3.52. The normalized spacial score (nSPS) is 18.9. The zero-order valence-electron chi connectivity index (χ0n) is 9.69. The highest BCUT2D eigenvalue weighted by Gasteiger charge is 2.20. The lowest BCUT2D eigenvalue weighted by Crippen LogP contribution is -2.19. The fourth-order valence-electron chi connectivity index (χ4n) is 1.93. The standard InChI is InChI=1S/C13H19NO2/c1-2-10-4-3-5-11(8-10)12(14)9-13-15-6-7-16-13/h3-5,8,12-13H,2,6-7,9,14H2,1H3. The van der Waals surface area contributed by atoms with Gasteiger partial charge < -0.3 is 15.2 Å². The first-order chi connectivity index (χ1) is 7.79. The average molecular weight is 221 g/mol. The Morgan fingerprint density at radius 1 is 1.38 bits per heavy atom. The van der Waals surface area contributed by atoms with Crippen molar-refractivity contribution in [3.8, 4) is 0 Å². The second kappa shape index (κ2) is 5.43. The van der Waals surface area contributed by atoms with Crippen LogP contribution in [0.5, 0.6) is 0 Å². The monoisotopic (exact) mass is 221 g/mol. The van der Waals surface area contributed by atoms with Crippen molar-refractivity contribution in [3.63, 3.8) is 0 Å². The second-order valence-corrected chi connectivity index (χ2v) is 4.11. The first-order valence-corrected chi connectivity index (χ1v) is 5.87. The Morgan fingerprint density at radius 3 is 2.81 bits per heavy atom. The fourth-order valence-corrected chi connectivity index (χ4v) is 1.93. The van der Waals surface area contributed by atoms with Crippen LogP contribution in [0.2, 0.25) is 0 Å². The topological polar surface area (TPSA) is 44.5 Å². The summed E-state index contributed by atoms with van der Waals surface area (Å²) >= 11 is 0. The van der Waals surface area contributed by atoms with Gasteiger partial charge in [-0.2, -0.15) is 0 Å². The van der Waals surface area contributed by atoms with Crippen LogP contribution in [0.1, 0.15) is 30.5 Å². The summed E-state index contributed by atoms with van der Waals surface area (Å²) in [4.78, 5) is 0. The maximum absolute atomic E-state index is 6.14. The Morgan fingerprint density at radius 2 is 2.12 bits per heavy atom. The molecule has 0 saturated carbocycles. The number of ether oxygens (including phenoxy) is 2. The average Bonchev–Trinajstić information content (AvgIpc) is 2.82. The molecular formula is C13H19NO2. The summed E-state index contributed by atoms with van der Waals surface area (Å²) in [5, 5.41) is 0. The molecule has 0 bridgehead atoms. The molecule has 1 aromatic carbocycles. The van der Waals surface area contributed by atoms with Gasteiger partial charge in [-0.3, -0.25) is 0 Å². The predicted octanol–water partition coefficient (Wildman–Crippen LogP) is 2.01. The van der Waals surface area contributed by atoms with E-state index in [1.807, 2.05) is 0 Å². The molecule has 1 aliphatic heterocycles. The van der Waals surface area contributed by atoms with Crippen molar-refractivity contribution >= 4 is 0 Å². The number of nitrogens with two attached hydrogens (primary N) is 1. The van der Waals surface area contributed by atoms with E-state index in [0.717, 1.165) is 12.8 Å². The summed E-state index contributed by atoms with van der Waals surface area (Å²) in [5.74, 6) is 0. The molecule has 0 spiro atoms. The molecule has 1 aromatic rings. The number of rotatable bonds is 4. The van der Waals surface area contributed by atoms with Crippen LogP contribution in [0.3, 0.4) is 0 Å². The Balaban J connectivity index is 1.98. The predicted molar refractivity (Wildman–Crippen MR) is 63.1 cm³/mol. The van der Waals surface area contributed by atoms with Gasteiger partial charge in [-0.05, 0) is 17.5 Å². The molecule has 0 amide bonds. The van der Waals surface area contributed by atoms with Crippen molar-refractivity contribution in [1.82, 2.24) is 0 Å². The van der Waals surface area contributed by atoms with E-state index in [-0.39, 0.29) is 12.3 Å². The van der Waals surface area contributed by atoms with E-state index in [2.05, 4.69) is 31.2 Å². The Kier molecular flexibility index (Phi) is 3.93. The molecular weight excluding hydrogens is 202 g/mol. The van der Waals surface area contributed by atoms with Gasteiger partial charge in [0.05, 0.1) is 13.2 Å². The van der Waals surface area contributed by atoms with Gasteiger partial charge in [0.25, 0.3) is 0 Å². The van der Waals surface area contributed by atoms with Crippen LogP contribution in [0.15, 0.2) is 24.3 Å². The van der Waals surface area contributed by atoms with Crippen LogP contribution in [-0.4, -0.2) is 19.5 Å². The van der Waals surface area contributed by atoms with Gasteiger partial charge in [0.2, 0.25) is 0 Å². The SMILES string of the molecule is CCc1cccc(C(N)CC2OCCO2)c1. The molecule has 0 aromatic heterocycles. The highest BCUT2D eigenvalue weighted by atomic mass is 16.7. The van der Waals surface area contributed by atoms with Crippen LogP contribution < -0.4 is 5.73 Å². The van der Waals surface area contributed by atoms with E-state index in [1.165, 1.54) is 11.1 Å². The van der Waals surface area contributed by atoms with Gasteiger partial charge in [0.1, 0.15) is 0 Å². The molecule has 88 valence electrons. The van der Waals surface area contributed by atoms with Gasteiger partial charge in [0, 0.05) is 12.5 Å². The summed E-state index contributed by atoms with van der Waals surface area (Å²) in [6.07, 6.45) is 1.64. The van der Waals surface area contributed by atoms with Gasteiger partial charge in [0.15, 0.2) is 6.29 Å². The molecule has 0 radical (unpaired) electrons. The van der Waals surface area contributed by atoms with E-state index in [1.54, 1.807) is 0 Å². The van der Waals surface area contributed by atoms with Crippen LogP contribution in [0.25, 0.3) is 0 Å². The second-order valence-electron chi connectivity index (χ2n) is 4.11. The number of benzene rings is 1. The quantitative estimate of drug-likeness (QED) is 0.846. The summed E-state index contributed by atoms with van der Waals surface area (Å²) in [5.41, 5.74) is 8.62. The van der Waals surface area contributed by atoms with Crippen molar-refractivity contribution in [2.24, 2.45) is 5.73 Å². The molecule has 1 heterocycles. The highest BCUT2D eigenvalue weighted by molar-refractivity contribution is 5.25. The first-order valence-electron chi connectivity index (χ1n) is 5.87. The third-order valence-corrected chi connectivity index (χ3v) is 2.92. The molecule has 1 aliphatic rings. The van der Waals surface area contributed by atoms with Crippen molar-refractivity contribution in [3.05, 3.63) is 35.4 Å². The Bertz CT molecular complexity index is 334. The lowest BCUT2D eigenvalue weighted by Gasteiger charge is -2.16. The highest BCUT2D eigenvalue weighted by Crippen LogP contribution is 2.21. The van der Waals surface area contributed by atoms with E-state index < -0.39 is 0 Å². The Labute approximate surface area is 96.5 Å². The van der Waals surface area contributed by atoms with E-state index >= 15 is 0 Å². The molecule has 2 rings (SSSR count). The van der Waals surface area contributed by atoms with Gasteiger partial charge >= 0.3 is 0 Å². The van der Waals surface area contributed by atoms with Crippen molar-refractivity contribution in [2.45, 2.75) is 32.1 Å². The zero-order valence-corrected chi connectivity index (χ0v) is 9.69. The van der Waals surface area contributed by atoms with Crippen LogP contribution >= 0.6 is 0 Å². The first kappa shape index (κ1) is 11.6. The zero-order chi connectivity index (χ0) is 11.4. The van der Waals surface area contributed by atoms with Crippen molar-refractivity contribution in [1.29, 1.82) is 0 Å². The molecule has 0 aliphatic carbocycles. The molecule has 1 atom stereocenters. The minimum atomic E-state index is -0.125. The summed E-state index contributed by atoms with van der Waals surface area (Å²) in [6, 6.07) is 8.41. The molecule has 16 heavy (non-hydrogen) atoms. The summed E-state index contributed by atoms with van der Waals surface area (Å²) < 4.78 is 10.8. The van der Waals surface area contributed by atoms with Crippen molar-refractivity contribution < 1.29 is 9.47 Å².